The molecule has 0 aliphatic heterocycles. The van der Waals surface area contributed by atoms with E-state index < -0.39 is 21.2 Å². The van der Waals surface area contributed by atoms with Crippen LogP contribution in [-0.4, -0.2) is 0 Å². The summed E-state index contributed by atoms with van der Waals surface area (Å²) in [6, 6.07) is 3.33. The highest BCUT2D eigenvalue weighted by molar-refractivity contribution is 6.52. The molecule has 120 valence electrons. The van der Waals surface area contributed by atoms with E-state index in [4.69, 9.17) is 92.8 Å². The first-order valence-electron chi connectivity index (χ1n) is 5.04. The summed E-state index contributed by atoms with van der Waals surface area (Å²) >= 11 is 47.6. The van der Waals surface area contributed by atoms with Crippen LogP contribution in [0.5, 0.6) is 0 Å². The molecule has 0 aromatic heterocycles. The predicted octanol–water partition coefficient (Wildman–Crippen LogP) is 2.05. The van der Waals surface area contributed by atoms with Gasteiger partial charge in [-0.15, -0.1) is 0 Å². The average Bonchev–Trinajstić information content (AvgIpc) is 2.45. The van der Waals surface area contributed by atoms with Crippen LogP contribution in [0.25, 0.3) is 0 Å². The van der Waals surface area contributed by atoms with E-state index in [-0.39, 0.29) is 32.5 Å². The molecule has 0 atom stereocenters. The van der Waals surface area contributed by atoms with Crippen LogP contribution in [0.1, 0.15) is 0 Å². The van der Waals surface area contributed by atoms with Gasteiger partial charge in [0.05, 0.1) is 30.1 Å². The summed E-state index contributed by atoms with van der Waals surface area (Å²) < 4.78 is 1.51. The lowest BCUT2D eigenvalue weighted by molar-refractivity contribution is -0.597. The third-order valence-corrected chi connectivity index (χ3v) is 9.32. The average molecular weight is 592 g/mol. The van der Waals surface area contributed by atoms with Gasteiger partial charge in [-0.2, -0.15) is 0 Å². The molecule has 0 aliphatic carbocycles. The van der Waals surface area contributed by atoms with Gasteiger partial charge in [0.25, 0.3) is 0 Å². The molecule has 0 saturated heterocycles. The van der Waals surface area contributed by atoms with Crippen molar-refractivity contribution in [3.8, 4) is 0 Å². The highest BCUT2D eigenvalue weighted by Crippen LogP contribution is 2.36. The number of benzene rings is 2. The zero-order chi connectivity index (χ0) is 15.9. The van der Waals surface area contributed by atoms with E-state index in [9.17, 15) is 0 Å². The first-order chi connectivity index (χ1) is 9.73. The number of hydrogen-bond donors (Lipinski definition) is 0. The minimum Gasteiger partial charge on any atom is -1.00 e. The first-order valence-corrected chi connectivity index (χ1v) is 10.2. The second-order valence-electron chi connectivity index (χ2n) is 3.66. The monoisotopic (exact) mass is 588 g/mol. The van der Waals surface area contributed by atoms with Gasteiger partial charge < -0.3 is 12.4 Å². The maximum Gasteiger partial charge on any atom is 0.361 e. The van der Waals surface area contributed by atoms with Crippen LogP contribution in [0.4, 0.5) is 0 Å². The maximum atomic E-state index is 6.20. The Morgan fingerprint density at radius 2 is 0.818 bits per heavy atom. The molecule has 10 heteroatoms. The Hall–Kier alpha value is 1.78. The molecule has 22 heavy (non-hydrogen) atoms. The van der Waals surface area contributed by atoms with Crippen molar-refractivity contribution >= 4 is 92.8 Å². The molecule has 0 bridgehead atoms. The first kappa shape index (κ1) is 21.8. The summed E-state index contributed by atoms with van der Waals surface area (Å²) in [5.74, 6) is 0. The van der Waals surface area contributed by atoms with Crippen molar-refractivity contribution < 1.29 is 33.6 Å². The molecule has 2 aromatic carbocycles. The van der Waals surface area contributed by atoms with Gasteiger partial charge in [-0.1, -0.05) is 92.8 Å². The Balaban J connectivity index is 0.00000242. The lowest BCUT2D eigenvalue weighted by Crippen LogP contribution is -3.61. The smallest absolute Gasteiger partial charge is 0.361 e. The highest BCUT2D eigenvalue weighted by Gasteiger charge is 2.29. The van der Waals surface area contributed by atoms with Crippen molar-refractivity contribution in [2.75, 3.05) is 0 Å². The summed E-state index contributed by atoms with van der Waals surface area (Å²) in [6.07, 6.45) is 0. The number of halogens is 10. The van der Waals surface area contributed by atoms with Gasteiger partial charge in [-0.05, 0) is 0 Å². The van der Waals surface area contributed by atoms with Gasteiger partial charge in [0, 0.05) is 12.1 Å². The van der Waals surface area contributed by atoms with E-state index in [2.05, 4.69) is 0 Å². The molecule has 0 aliphatic rings. The maximum absolute atomic E-state index is 6.20. The van der Waals surface area contributed by atoms with Gasteiger partial charge in [0.2, 0.25) is 7.14 Å². The Morgan fingerprint density at radius 1 is 0.500 bits per heavy atom. The van der Waals surface area contributed by atoms with Crippen molar-refractivity contribution in [3.63, 3.8) is 0 Å². The van der Waals surface area contributed by atoms with Gasteiger partial charge in [0.1, 0.15) is 10.0 Å². The fourth-order valence-corrected chi connectivity index (χ4v) is 6.68. The van der Waals surface area contributed by atoms with E-state index in [0.717, 1.165) is 7.14 Å². The molecule has 0 nitrogen and oxygen atoms in total. The van der Waals surface area contributed by atoms with Crippen molar-refractivity contribution in [2.24, 2.45) is 0 Å². The van der Waals surface area contributed by atoms with Crippen LogP contribution in [0.2, 0.25) is 40.2 Å². The molecule has 0 heterocycles. The molecule has 0 saturated carbocycles. The SMILES string of the molecule is Clc1cc([I+]c2cc(Cl)c(Cl)c(Cl)c2Cl)c(Cl)c(Cl)c1Cl.[Cl-]. The second-order valence-corrected chi connectivity index (χ2v) is 9.60. The molecule has 0 fully saturated rings. The zero-order valence-corrected chi connectivity index (χ0v) is 18.9. The van der Waals surface area contributed by atoms with Crippen molar-refractivity contribution in [1.82, 2.24) is 0 Å². The molecule has 2 aromatic rings. The van der Waals surface area contributed by atoms with E-state index in [1.807, 2.05) is 0 Å². The van der Waals surface area contributed by atoms with Crippen LogP contribution in [0, 0.1) is 7.14 Å². The van der Waals surface area contributed by atoms with Crippen LogP contribution in [0.3, 0.4) is 0 Å². The zero-order valence-electron chi connectivity index (χ0n) is 9.93. The van der Waals surface area contributed by atoms with Crippen molar-refractivity contribution in [2.45, 2.75) is 0 Å². The molecular formula is C12H2Cl9I. The minimum atomic E-state index is -0.826. The van der Waals surface area contributed by atoms with Crippen LogP contribution in [-0.2, 0) is 0 Å². The molecular weight excluding hydrogens is 590 g/mol. The summed E-state index contributed by atoms with van der Waals surface area (Å²) in [5, 5.41) is 2.19. The Labute approximate surface area is 183 Å². The molecule has 0 spiro atoms. The summed E-state index contributed by atoms with van der Waals surface area (Å²) in [5.41, 5.74) is 0. The Bertz CT molecular complexity index is 668. The molecule has 0 amide bonds. The van der Waals surface area contributed by atoms with Crippen LogP contribution in [0.15, 0.2) is 12.1 Å². The number of rotatable bonds is 2. The van der Waals surface area contributed by atoms with E-state index in [0.29, 0.717) is 20.1 Å². The summed E-state index contributed by atoms with van der Waals surface area (Å²) in [7, 11) is 0. The lowest BCUT2D eigenvalue weighted by Gasteiger charge is -2.03. The van der Waals surface area contributed by atoms with E-state index in [1.54, 1.807) is 12.1 Å². The van der Waals surface area contributed by atoms with Gasteiger partial charge in [0.15, 0.2) is 0 Å². The Kier molecular flexibility index (Phi) is 8.86. The largest absolute Gasteiger partial charge is 1.00 e. The Morgan fingerprint density at radius 3 is 1.14 bits per heavy atom. The van der Waals surface area contributed by atoms with E-state index >= 15 is 0 Å². The van der Waals surface area contributed by atoms with Gasteiger partial charge in [-0.3, -0.25) is 0 Å². The van der Waals surface area contributed by atoms with Crippen LogP contribution < -0.4 is 33.6 Å². The molecule has 0 N–H and O–H groups in total. The normalized spacial score (nSPS) is 10.5. The topological polar surface area (TPSA) is 0 Å². The predicted molar refractivity (Wildman–Crippen MR) is 90.4 cm³/mol. The molecule has 2 rings (SSSR count). The van der Waals surface area contributed by atoms with Gasteiger partial charge >= 0.3 is 21.2 Å². The molecule has 0 unspecified atom stereocenters. The van der Waals surface area contributed by atoms with E-state index in [1.165, 1.54) is 0 Å². The third kappa shape index (κ3) is 4.49. The molecule has 0 radical (unpaired) electrons. The second kappa shape index (κ2) is 8.93. The fourth-order valence-electron chi connectivity index (χ4n) is 1.34. The van der Waals surface area contributed by atoms with Gasteiger partial charge in [-0.25, -0.2) is 0 Å². The highest BCUT2D eigenvalue weighted by atomic mass is 127. The minimum absolute atomic E-state index is 0. The summed E-state index contributed by atoms with van der Waals surface area (Å²) in [4.78, 5) is 0. The standard InChI is InChI=1S/C12H2Cl8I.ClH/c13-3-1-5(9(17)11(19)7(3)15)21-6-2-4(14)8(16)12(20)10(6)18;/h1-2H;1H/q+1;/p-1. The van der Waals surface area contributed by atoms with Crippen molar-refractivity contribution in [1.29, 1.82) is 0 Å². The fraction of sp³-hybridized carbons (Fsp3) is 0. The third-order valence-electron chi connectivity index (χ3n) is 2.32. The van der Waals surface area contributed by atoms with Crippen LogP contribution >= 0.6 is 92.8 Å². The lowest BCUT2D eigenvalue weighted by atomic mass is 10.3. The quantitative estimate of drug-likeness (QED) is 0.285. The summed E-state index contributed by atoms with van der Waals surface area (Å²) in [6.45, 7) is 0. The van der Waals surface area contributed by atoms with Crippen molar-refractivity contribution in [3.05, 3.63) is 59.5 Å². The number of hydrogen-bond acceptors (Lipinski definition) is 0.